The van der Waals surface area contributed by atoms with E-state index < -0.39 is 11.6 Å². The Kier molecular flexibility index (Phi) is 5.90. The fourth-order valence-electron chi connectivity index (χ4n) is 2.96. The van der Waals surface area contributed by atoms with E-state index in [0.29, 0.717) is 12.2 Å². The van der Waals surface area contributed by atoms with Crippen LogP contribution in [0, 0.1) is 25.5 Å². The molecule has 0 amide bonds. The summed E-state index contributed by atoms with van der Waals surface area (Å²) in [4.78, 5) is 0. The van der Waals surface area contributed by atoms with E-state index in [2.05, 4.69) is 32.0 Å². The summed E-state index contributed by atoms with van der Waals surface area (Å²) in [6, 6.07) is 16.9. The second kappa shape index (κ2) is 8.34. The van der Waals surface area contributed by atoms with Crippen molar-refractivity contribution in [2.75, 3.05) is 6.61 Å². The van der Waals surface area contributed by atoms with Crippen LogP contribution in [0.25, 0.3) is 22.3 Å². The van der Waals surface area contributed by atoms with Gasteiger partial charge in [0.05, 0.1) is 6.61 Å². The molecule has 0 heterocycles. The van der Waals surface area contributed by atoms with Gasteiger partial charge in [-0.25, -0.2) is 4.39 Å². The van der Waals surface area contributed by atoms with Gasteiger partial charge in [-0.2, -0.15) is 4.39 Å². The Morgan fingerprint density at radius 1 is 0.741 bits per heavy atom. The number of benzene rings is 3. The maximum absolute atomic E-state index is 14.5. The Hall–Kier alpha value is -2.68. The predicted molar refractivity (Wildman–Crippen MR) is 107 cm³/mol. The van der Waals surface area contributed by atoms with Gasteiger partial charge in [-0.1, -0.05) is 55.8 Å². The van der Waals surface area contributed by atoms with E-state index in [1.54, 1.807) is 6.07 Å². The number of hydrogen-bond donors (Lipinski definition) is 0. The van der Waals surface area contributed by atoms with Crippen molar-refractivity contribution in [3.05, 3.63) is 77.4 Å². The first-order chi connectivity index (χ1) is 13.0. The van der Waals surface area contributed by atoms with Gasteiger partial charge in [-0.3, -0.25) is 0 Å². The SMILES string of the molecule is CCCCOc1ccc(-c2ccc(-c3ccc(C)c(C)c3)cc2)c(F)c1F. The number of rotatable bonds is 6. The van der Waals surface area contributed by atoms with Crippen LogP contribution in [0.4, 0.5) is 8.78 Å². The monoisotopic (exact) mass is 366 g/mol. The molecule has 0 aliphatic heterocycles. The molecule has 3 aromatic rings. The fourth-order valence-corrected chi connectivity index (χ4v) is 2.96. The Morgan fingerprint density at radius 2 is 1.41 bits per heavy atom. The largest absolute Gasteiger partial charge is 0.490 e. The number of unbranched alkanes of at least 4 members (excludes halogenated alkanes) is 1. The van der Waals surface area contributed by atoms with Gasteiger partial charge in [-0.05, 0) is 60.2 Å². The number of ether oxygens (including phenoxy) is 1. The molecule has 0 aliphatic carbocycles. The lowest BCUT2D eigenvalue weighted by Gasteiger charge is -2.11. The highest BCUT2D eigenvalue weighted by atomic mass is 19.2. The molecule has 0 spiro atoms. The third-order valence-corrected chi connectivity index (χ3v) is 4.84. The van der Waals surface area contributed by atoms with Crippen LogP contribution in [-0.2, 0) is 0 Å². The van der Waals surface area contributed by atoms with E-state index in [4.69, 9.17) is 4.74 Å². The highest BCUT2D eigenvalue weighted by Crippen LogP contribution is 2.31. The molecule has 0 fully saturated rings. The zero-order valence-corrected chi connectivity index (χ0v) is 16.0. The molecule has 27 heavy (non-hydrogen) atoms. The molecule has 3 rings (SSSR count). The molecule has 140 valence electrons. The average Bonchev–Trinajstić information content (AvgIpc) is 2.68. The van der Waals surface area contributed by atoms with Gasteiger partial charge in [0.25, 0.3) is 0 Å². The second-order valence-electron chi connectivity index (χ2n) is 6.82. The van der Waals surface area contributed by atoms with Crippen LogP contribution >= 0.6 is 0 Å². The van der Waals surface area contributed by atoms with Gasteiger partial charge >= 0.3 is 0 Å². The second-order valence-corrected chi connectivity index (χ2v) is 6.82. The minimum atomic E-state index is -0.929. The van der Waals surface area contributed by atoms with Crippen LogP contribution < -0.4 is 4.74 Å². The third-order valence-electron chi connectivity index (χ3n) is 4.84. The van der Waals surface area contributed by atoms with Crippen LogP contribution in [-0.4, -0.2) is 6.61 Å². The van der Waals surface area contributed by atoms with Crippen LogP contribution in [0.1, 0.15) is 30.9 Å². The van der Waals surface area contributed by atoms with Crippen LogP contribution in [0.15, 0.2) is 54.6 Å². The topological polar surface area (TPSA) is 9.23 Å². The predicted octanol–water partition coefficient (Wildman–Crippen LogP) is 7.09. The lowest BCUT2D eigenvalue weighted by molar-refractivity contribution is 0.289. The van der Waals surface area contributed by atoms with E-state index in [9.17, 15) is 8.78 Å². The molecule has 0 unspecified atom stereocenters. The summed E-state index contributed by atoms with van der Waals surface area (Å²) < 4.78 is 34.2. The van der Waals surface area contributed by atoms with Crippen LogP contribution in [0.3, 0.4) is 0 Å². The minimum absolute atomic E-state index is 0.0311. The molecular formula is C24H24F2O. The van der Waals surface area contributed by atoms with Crippen molar-refractivity contribution >= 4 is 0 Å². The Balaban J connectivity index is 1.86. The van der Waals surface area contributed by atoms with Crippen molar-refractivity contribution < 1.29 is 13.5 Å². The average molecular weight is 366 g/mol. The summed E-state index contributed by atoms with van der Waals surface area (Å²) in [5.74, 6) is -1.83. The highest BCUT2D eigenvalue weighted by Gasteiger charge is 2.16. The lowest BCUT2D eigenvalue weighted by atomic mass is 9.97. The van der Waals surface area contributed by atoms with E-state index in [-0.39, 0.29) is 11.3 Å². The molecular weight excluding hydrogens is 342 g/mol. The zero-order valence-electron chi connectivity index (χ0n) is 16.0. The maximum atomic E-state index is 14.5. The van der Waals surface area contributed by atoms with E-state index in [0.717, 1.165) is 24.0 Å². The van der Waals surface area contributed by atoms with Crippen molar-refractivity contribution in [2.24, 2.45) is 0 Å². The first-order valence-corrected chi connectivity index (χ1v) is 9.30. The molecule has 3 heteroatoms. The molecule has 0 N–H and O–H groups in total. The molecule has 3 aromatic carbocycles. The van der Waals surface area contributed by atoms with Crippen LogP contribution in [0.2, 0.25) is 0 Å². The number of aryl methyl sites for hydroxylation is 2. The van der Waals surface area contributed by atoms with Gasteiger partial charge in [0, 0.05) is 5.56 Å². The van der Waals surface area contributed by atoms with Crippen molar-refractivity contribution in [1.82, 2.24) is 0 Å². The molecule has 0 aliphatic rings. The van der Waals surface area contributed by atoms with Gasteiger partial charge < -0.3 is 4.74 Å². The summed E-state index contributed by atoms with van der Waals surface area (Å²) >= 11 is 0. The highest BCUT2D eigenvalue weighted by molar-refractivity contribution is 5.71. The van der Waals surface area contributed by atoms with Crippen LogP contribution in [0.5, 0.6) is 5.75 Å². The summed E-state index contributed by atoms with van der Waals surface area (Å²) in [6.45, 7) is 6.56. The first-order valence-electron chi connectivity index (χ1n) is 9.30. The van der Waals surface area contributed by atoms with Gasteiger partial charge in [0.15, 0.2) is 11.6 Å². The quantitative estimate of drug-likeness (QED) is 0.423. The molecule has 0 radical (unpaired) electrons. The normalized spacial score (nSPS) is 10.9. The third kappa shape index (κ3) is 4.19. The fraction of sp³-hybridized carbons (Fsp3) is 0.250. The zero-order chi connectivity index (χ0) is 19.4. The van der Waals surface area contributed by atoms with Crippen molar-refractivity contribution in [3.63, 3.8) is 0 Å². The van der Waals surface area contributed by atoms with E-state index in [1.807, 2.05) is 31.2 Å². The summed E-state index contributed by atoms with van der Waals surface area (Å²) in [5, 5.41) is 0. The molecule has 1 nitrogen and oxygen atoms in total. The van der Waals surface area contributed by atoms with Gasteiger partial charge in [-0.15, -0.1) is 0 Å². The molecule has 0 saturated carbocycles. The standard InChI is InChI=1S/C24H24F2O/c1-4-5-14-27-22-13-12-21(23(25)24(22)26)19-10-8-18(9-11-19)20-7-6-16(2)17(3)15-20/h6-13,15H,4-5,14H2,1-3H3. The maximum Gasteiger partial charge on any atom is 0.201 e. The van der Waals surface area contributed by atoms with Gasteiger partial charge in [0.1, 0.15) is 0 Å². The Bertz CT molecular complexity index is 930. The number of hydrogen-bond acceptors (Lipinski definition) is 1. The molecule has 0 atom stereocenters. The van der Waals surface area contributed by atoms with Gasteiger partial charge in [0.2, 0.25) is 5.82 Å². The summed E-state index contributed by atoms with van der Waals surface area (Å²) in [6.07, 6.45) is 1.75. The summed E-state index contributed by atoms with van der Waals surface area (Å²) in [7, 11) is 0. The first kappa shape index (κ1) is 19.1. The van der Waals surface area contributed by atoms with E-state index in [1.165, 1.54) is 17.2 Å². The minimum Gasteiger partial charge on any atom is -0.490 e. The molecule has 0 saturated heterocycles. The molecule has 0 bridgehead atoms. The number of halogens is 2. The van der Waals surface area contributed by atoms with Crippen molar-refractivity contribution in [1.29, 1.82) is 0 Å². The van der Waals surface area contributed by atoms with Crippen molar-refractivity contribution in [2.45, 2.75) is 33.6 Å². The Labute approximate surface area is 159 Å². The Morgan fingerprint density at radius 3 is 2.07 bits per heavy atom. The smallest absolute Gasteiger partial charge is 0.201 e. The van der Waals surface area contributed by atoms with E-state index >= 15 is 0 Å². The lowest BCUT2D eigenvalue weighted by Crippen LogP contribution is -2.01. The molecule has 0 aromatic heterocycles. The summed E-state index contributed by atoms with van der Waals surface area (Å²) in [5.41, 5.74) is 5.50. The van der Waals surface area contributed by atoms with Crippen molar-refractivity contribution in [3.8, 4) is 28.0 Å².